The molecular formula is C11H17N3O. The van der Waals surface area contributed by atoms with Crippen LogP contribution in [0.15, 0.2) is 4.52 Å². The summed E-state index contributed by atoms with van der Waals surface area (Å²) >= 11 is 0. The molecule has 4 atom stereocenters. The molecule has 4 unspecified atom stereocenters. The Bertz CT molecular complexity index is 360. The molecule has 82 valence electrons. The van der Waals surface area contributed by atoms with E-state index in [1.165, 1.54) is 25.7 Å². The van der Waals surface area contributed by atoms with Gasteiger partial charge in [-0.1, -0.05) is 11.6 Å². The summed E-state index contributed by atoms with van der Waals surface area (Å²) in [5.74, 6) is 3.69. The Morgan fingerprint density at radius 2 is 2.27 bits per heavy atom. The molecule has 0 amide bonds. The number of nitrogens with zero attached hydrogens (tertiary/aromatic N) is 2. The number of rotatable bonds is 2. The van der Waals surface area contributed by atoms with E-state index in [9.17, 15) is 0 Å². The van der Waals surface area contributed by atoms with Gasteiger partial charge < -0.3 is 10.3 Å². The second-order valence-electron chi connectivity index (χ2n) is 5.06. The van der Waals surface area contributed by atoms with E-state index >= 15 is 0 Å². The van der Waals surface area contributed by atoms with Crippen molar-refractivity contribution in [2.24, 2.45) is 17.6 Å². The summed E-state index contributed by atoms with van der Waals surface area (Å²) in [6, 6.07) is -0.124. The molecule has 0 spiro atoms. The minimum atomic E-state index is -0.124. The third-order valence-electron chi connectivity index (χ3n) is 3.92. The van der Waals surface area contributed by atoms with E-state index in [0.29, 0.717) is 11.7 Å². The molecule has 4 heteroatoms. The van der Waals surface area contributed by atoms with Crippen molar-refractivity contribution in [3.63, 3.8) is 0 Å². The molecule has 1 aromatic rings. The zero-order chi connectivity index (χ0) is 10.4. The summed E-state index contributed by atoms with van der Waals surface area (Å²) in [7, 11) is 0. The van der Waals surface area contributed by atoms with Gasteiger partial charge in [0.2, 0.25) is 5.89 Å². The van der Waals surface area contributed by atoms with Crippen LogP contribution in [0, 0.1) is 11.8 Å². The number of fused-ring (bicyclic) bond motifs is 2. The zero-order valence-corrected chi connectivity index (χ0v) is 9.02. The Morgan fingerprint density at radius 1 is 1.40 bits per heavy atom. The summed E-state index contributed by atoms with van der Waals surface area (Å²) in [6.07, 6.45) is 5.34. The Balaban J connectivity index is 1.81. The molecule has 3 rings (SSSR count). The molecule has 2 bridgehead atoms. The first kappa shape index (κ1) is 9.33. The van der Waals surface area contributed by atoms with Crippen molar-refractivity contribution < 1.29 is 4.52 Å². The Kier molecular flexibility index (Phi) is 2.06. The third kappa shape index (κ3) is 1.47. The topological polar surface area (TPSA) is 64.9 Å². The lowest BCUT2D eigenvalue weighted by molar-refractivity contribution is 0.300. The van der Waals surface area contributed by atoms with E-state index in [0.717, 1.165) is 17.7 Å². The summed E-state index contributed by atoms with van der Waals surface area (Å²) in [4.78, 5) is 4.41. The molecule has 0 radical (unpaired) electrons. The predicted octanol–water partition coefficient (Wildman–Crippen LogP) is 1.99. The molecule has 0 aromatic carbocycles. The summed E-state index contributed by atoms with van der Waals surface area (Å²) in [5.41, 5.74) is 5.72. The second kappa shape index (κ2) is 3.30. The quantitative estimate of drug-likeness (QED) is 0.805. The fraction of sp³-hybridized carbons (Fsp3) is 0.818. The van der Waals surface area contributed by atoms with E-state index in [1.54, 1.807) is 0 Å². The van der Waals surface area contributed by atoms with Gasteiger partial charge in [-0.2, -0.15) is 4.98 Å². The fourth-order valence-corrected chi connectivity index (χ4v) is 3.13. The molecule has 2 N–H and O–H groups in total. The highest BCUT2D eigenvalue weighted by atomic mass is 16.5. The van der Waals surface area contributed by atoms with Gasteiger partial charge in [0.05, 0.1) is 6.04 Å². The minimum absolute atomic E-state index is 0.124. The summed E-state index contributed by atoms with van der Waals surface area (Å²) in [6.45, 7) is 1.88. The molecular weight excluding hydrogens is 190 g/mol. The monoisotopic (exact) mass is 207 g/mol. The van der Waals surface area contributed by atoms with Crippen LogP contribution in [0.1, 0.15) is 56.3 Å². The maximum Gasteiger partial charge on any atom is 0.230 e. The molecule has 1 heterocycles. The van der Waals surface area contributed by atoms with Crippen LogP contribution in [0.2, 0.25) is 0 Å². The highest BCUT2D eigenvalue weighted by molar-refractivity contribution is 5.05. The molecule has 2 fully saturated rings. The van der Waals surface area contributed by atoms with Crippen molar-refractivity contribution in [1.82, 2.24) is 10.1 Å². The van der Waals surface area contributed by atoms with Crippen molar-refractivity contribution in [2.75, 3.05) is 0 Å². The van der Waals surface area contributed by atoms with Crippen LogP contribution in [-0.2, 0) is 0 Å². The van der Waals surface area contributed by atoms with Crippen LogP contribution in [0.3, 0.4) is 0 Å². The standard InChI is InChI=1S/C11H17N3O/c1-6(12)10-13-11(15-14-10)9-5-7-2-3-8(9)4-7/h6-9H,2-5,12H2,1H3. The van der Waals surface area contributed by atoms with Crippen molar-refractivity contribution in [1.29, 1.82) is 0 Å². The molecule has 2 aliphatic carbocycles. The number of nitrogens with two attached hydrogens (primary N) is 1. The SMILES string of the molecule is CC(N)c1noc(C2CC3CCC2C3)n1. The predicted molar refractivity (Wildman–Crippen MR) is 55.1 cm³/mol. The lowest BCUT2D eigenvalue weighted by Crippen LogP contribution is -2.10. The van der Waals surface area contributed by atoms with Gasteiger partial charge in [-0.3, -0.25) is 0 Å². The van der Waals surface area contributed by atoms with Crippen LogP contribution < -0.4 is 5.73 Å². The van der Waals surface area contributed by atoms with Crippen LogP contribution in [-0.4, -0.2) is 10.1 Å². The van der Waals surface area contributed by atoms with E-state index in [2.05, 4.69) is 10.1 Å². The average molecular weight is 207 g/mol. The third-order valence-corrected chi connectivity index (χ3v) is 3.92. The Hall–Kier alpha value is -0.900. The zero-order valence-electron chi connectivity index (χ0n) is 9.02. The van der Waals surface area contributed by atoms with Crippen LogP contribution in [0.5, 0.6) is 0 Å². The van der Waals surface area contributed by atoms with Crippen molar-refractivity contribution in [2.45, 2.75) is 44.6 Å². The first-order chi connectivity index (χ1) is 7.24. The first-order valence-corrected chi connectivity index (χ1v) is 5.83. The van der Waals surface area contributed by atoms with E-state index < -0.39 is 0 Å². The van der Waals surface area contributed by atoms with Gasteiger partial charge in [-0.25, -0.2) is 0 Å². The molecule has 1 aromatic heterocycles. The van der Waals surface area contributed by atoms with Crippen LogP contribution >= 0.6 is 0 Å². The molecule has 15 heavy (non-hydrogen) atoms. The van der Waals surface area contributed by atoms with Crippen molar-refractivity contribution in [3.8, 4) is 0 Å². The first-order valence-electron chi connectivity index (χ1n) is 5.83. The normalized spacial score (nSPS) is 36.0. The lowest BCUT2D eigenvalue weighted by atomic mass is 9.89. The maximum absolute atomic E-state index is 5.72. The fourth-order valence-electron chi connectivity index (χ4n) is 3.13. The van der Waals surface area contributed by atoms with Gasteiger partial charge in [0.1, 0.15) is 0 Å². The van der Waals surface area contributed by atoms with Gasteiger partial charge in [0.25, 0.3) is 0 Å². The summed E-state index contributed by atoms with van der Waals surface area (Å²) in [5, 5.41) is 3.93. The van der Waals surface area contributed by atoms with Gasteiger partial charge in [-0.15, -0.1) is 0 Å². The van der Waals surface area contributed by atoms with E-state index in [-0.39, 0.29) is 6.04 Å². The van der Waals surface area contributed by atoms with Crippen molar-refractivity contribution >= 4 is 0 Å². The maximum atomic E-state index is 5.72. The Morgan fingerprint density at radius 3 is 2.80 bits per heavy atom. The molecule has 0 aliphatic heterocycles. The molecule has 2 saturated carbocycles. The van der Waals surface area contributed by atoms with Gasteiger partial charge in [0.15, 0.2) is 5.82 Å². The largest absolute Gasteiger partial charge is 0.339 e. The highest BCUT2D eigenvalue weighted by Gasteiger charge is 2.42. The minimum Gasteiger partial charge on any atom is -0.339 e. The number of aromatic nitrogens is 2. The highest BCUT2D eigenvalue weighted by Crippen LogP contribution is 2.52. The number of hydrogen-bond acceptors (Lipinski definition) is 4. The molecule has 4 nitrogen and oxygen atoms in total. The van der Waals surface area contributed by atoms with Gasteiger partial charge in [0, 0.05) is 5.92 Å². The average Bonchev–Trinajstić information content (AvgIpc) is 2.93. The molecule has 2 aliphatic rings. The van der Waals surface area contributed by atoms with E-state index in [4.69, 9.17) is 10.3 Å². The van der Waals surface area contributed by atoms with Gasteiger partial charge in [-0.05, 0) is 38.0 Å². The Labute approximate surface area is 89.2 Å². The molecule has 0 saturated heterocycles. The lowest BCUT2D eigenvalue weighted by Gasteiger charge is -2.17. The van der Waals surface area contributed by atoms with E-state index in [1.807, 2.05) is 6.92 Å². The number of hydrogen-bond donors (Lipinski definition) is 1. The van der Waals surface area contributed by atoms with Gasteiger partial charge >= 0.3 is 0 Å². The van der Waals surface area contributed by atoms with Crippen LogP contribution in [0.25, 0.3) is 0 Å². The second-order valence-corrected chi connectivity index (χ2v) is 5.06. The van der Waals surface area contributed by atoms with Crippen LogP contribution in [0.4, 0.5) is 0 Å². The smallest absolute Gasteiger partial charge is 0.230 e. The summed E-state index contributed by atoms with van der Waals surface area (Å²) < 4.78 is 5.32. The van der Waals surface area contributed by atoms with Crippen molar-refractivity contribution in [3.05, 3.63) is 11.7 Å².